The number of aromatic nitrogens is 2. The predicted octanol–water partition coefficient (Wildman–Crippen LogP) is 1.54. The maximum atomic E-state index is 12.7. The largest absolute Gasteiger partial charge is 0.497 e. The fourth-order valence-electron chi connectivity index (χ4n) is 3.72. The van der Waals surface area contributed by atoms with Gasteiger partial charge in [-0.1, -0.05) is 12.1 Å². The molecule has 0 unspecified atom stereocenters. The standard InChI is InChI=1S/C20H25N5O2/c1-27-17-4-2-3-14(7-17)11-25-6-5-24(12-20(25)26)19-10-18(22-13-23-19)15-8-16(21)9-15/h2-4,7,10,13,15-16H,5-6,8-9,11-12,21H2,1H3. The van der Waals surface area contributed by atoms with Crippen LogP contribution in [0, 0.1) is 0 Å². The van der Waals surface area contributed by atoms with Crippen molar-refractivity contribution in [3.8, 4) is 5.75 Å². The second kappa shape index (κ2) is 7.52. The topological polar surface area (TPSA) is 84.6 Å². The molecule has 0 atom stereocenters. The molecule has 1 aliphatic heterocycles. The zero-order chi connectivity index (χ0) is 18.8. The molecule has 2 fully saturated rings. The molecule has 2 aliphatic rings. The highest BCUT2D eigenvalue weighted by Crippen LogP contribution is 2.35. The number of piperazine rings is 1. The summed E-state index contributed by atoms with van der Waals surface area (Å²) >= 11 is 0. The van der Waals surface area contributed by atoms with Crippen molar-refractivity contribution in [1.29, 1.82) is 0 Å². The number of carbonyl (C=O) groups is 1. The van der Waals surface area contributed by atoms with E-state index in [1.807, 2.05) is 40.1 Å². The van der Waals surface area contributed by atoms with Gasteiger partial charge in [0.15, 0.2) is 0 Å². The quantitative estimate of drug-likeness (QED) is 0.863. The summed E-state index contributed by atoms with van der Waals surface area (Å²) < 4.78 is 5.26. The summed E-state index contributed by atoms with van der Waals surface area (Å²) in [6.45, 7) is 2.36. The average Bonchev–Trinajstić information content (AvgIpc) is 2.67. The van der Waals surface area contributed by atoms with Crippen LogP contribution >= 0.6 is 0 Å². The number of benzene rings is 1. The van der Waals surface area contributed by atoms with Crippen molar-refractivity contribution in [3.63, 3.8) is 0 Å². The lowest BCUT2D eigenvalue weighted by atomic mass is 9.78. The van der Waals surface area contributed by atoms with Gasteiger partial charge < -0.3 is 20.3 Å². The molecule has 7 heteroatoms. The van der Waals surface area contributed by atoms with Gasteiger partial charge in [0.05, 0.1) is 13.7 Å². The molecule has 2 aromatic rings. The molecular formula is C20H25N5O2. The molecular weight excluding hydrogens is 342 g/mol. The van der Waals surface area contributed by atoms with Crippen LogP contribution in [0.1, 0.15) is 30.0 Å². The highest BCUT2D eigenvalue weighted by molar-refractivity contribution is 5.82. The van der Waals surface area contributed by atoms with Gasteiger partial charge in [-0.3, -0.25) is 4.79 Å². The van der Waals surface area contributed by atoms with Gasteiger partial charge in [0, 0.05) is 43.4 Å². The van der Waals surface area contributed by atoms with Gasteiger partial charge >= 0.3 is 0 Å². The number of ether oxygens (including phenoxy) is 1. The summed E-state index contributed by atoms with van der Waals surface area (Å²) in [4.78, 5) is 25.4. The highest BCUT2D eigenvalue weighted by atomic mass is 16.5. The molecule has 1 saturated carbocycles. The summed E-state index contributed by atoms with van der Waals surface area (Å²) in [6.07, 6.45) is 3.55. The van der Waals surface area contributed by atoms with Crippen molar-refractivity contribution in [2.45, 2.75) is 31.3 Å². The number of nitrogens with two attached hydrogens (primary N) is 1. The van der Waals surface area contributed by atoms with Crippen LogP contribution in [-0.2, 0) is 11.3 Å². The molecule has 0 radical (unpaired) electrons. The zero-order valence-electron chi connectivity index (χ0n) is 15.5. The molecule has 27 heavy (non-hydrogen) atoms. The molecule has 1 aromatic heterocycles. The van der Waals surface area contributed by atoms with E-state index in [0.29, 0.717) is 25.6 Å². The van der Waals surface area contributed by atoms with Crippen LogP contribution in [0.4, 0.5) is 5.82 Å². The summed E-state index contributed by atoms with van der Waals surface area (Å²) in [7, 11) is 1.65. The Bertz CT molecular complexity index is 822. The minimum absolute atomic E-state index is 0.106. The van der Waals surface area contributed by atoms with Crippen LogP contribution in [0.2, 0.25) is 0 Å². The van der Waals surface area contributed by atoms with Gasteiger partial charge in [0.25, 0.3) is 0 Å². The van der Waals surface area contributed by atoms with Crippen molar-refractivity contribution < 1.29 is 9.53 Å². The smallest absolute Gasteiger partial charge is 0.242 e. The van der Waals surface area contributed by atoms with E-state index < -0.39 is 0 Å². The van der Waals surface area contributed by atoms with E-state index >= 15 is 0 Å². The third kappa shape index (κ3) is 3.88. The first-order chi connectivity index (χ1) is 13.1. The van der Waals surface area contributed by atoms with E-state index in [0.717, 1.165) is 42.2 Å². The van der Waals surface area contributed by atoms with Crippen LogP contribution < -0.4 is 15.4 Å². The van der Waals surface area contributed by atoms with Gasteiger partial charge in [-0.2, -0.15) is 0 Å². The molecule has 0 spiro atoms. The Hall–Kier alpha value is -2.67. The Morgan fingerprint density at radius 3 is 2.81 bits per heavy atom. The lowest BCUT2D eigenvalue weighted by Gasteiger charge is -2.36. The van der Waals surface area contributed by atoms with E-state index in [1.54, 1.807) is 13.4 Å². The zero-order valence-corrected chi connectivity index (χ0v) is 15.5. The van der Waals surface area contributed by atoms with E-state index in [2.05, 4.69) is 9.97 Å². The first-order valence-electron chi connectivity index (χ1n) is 9.35. The Balaban J connectivity index is 1.40. The van der Waals surface area contributed by atoms with Crippen LogP contribution in [0.3, 0.4) is 0 Å². The normalized spacial score (nSPS) is 22.5. The number of hydrogen-bond donors (Lipinski definition) is 1. The number of hydrogen-bond acceptors (Lipinski definition) is 6. The molecule has 1 aromatic carbocycles. The van der Waals surface area contributed by atoms with E-state index in [4.69, 9.17) is 10.5 Å². The molecule has 1 saturated heterocycles. The third-order valence-corrected chi connectivity index (χ3v) is 5.42. The van der Waals surface area contributed by atoms with E-state index in [-0.39, 0.29) is 11.9 Å². The van der Waals surface area contributed by atoms with Crippen LogP contribution in [0.15, 0.2) is 36.7 Å². The van der Waals surface area contributed by atoms with Crippen molar-refractivity contribution in [2.75, 3.05) is 31.6 Å². The van der Waals surface area contributed by atoms with Crippen molar-refractivity contribution in [3.05, 3.63) is 47.9 Å². The Morgan fingerprint density at radius 1 is 1.22 bits per heavy atom. The fraction of sp³-hybridized carbons (Fsp3) is 0.450. The van der Waals surface area contributed by atoms with Crippen LogP contribution in [0.5, 0.6) is 5.75 Å². The Labute approximate surface area is 159 Å². The number of rotatable bonds is 5. The van der Waals surface area contributed by atoms with Crippen LogP contribution in [-0.4, -0.2) is 53.6 Å². The van der Waals surface area contributed by atoms with Gasteiger partial charge in [-0.05, 0) is 30.5 Å². The van der Waals surface area contributed by atoms with Gasteiger partial charge in [-0.25, -0.2) is 9.97 Å². The van der Waals surface area contributed by atoms with E-state index in [9.17, 15) is 4.79 Å². The van der Waals surface area contributed by atoms with Gasteiger partial charge in [0.1, 0.15) is 17.9 Å². The van der Waals surface area contributed by atoms with E-state index in [1.165, 1.54) is 0 Å². The number of anilines is 1. The van der Waals surface area contributed by atoms with Crippen LogP contribution in [0.25, 0.3) is 0 Å². The molecule has 4 rings (SSSR count). The SMILES string of the molecule is COc1cccc(CN2CCN(c3cc(C4CC(N)C4)ncn3)CC2=O)c1. The average molecular weight is 367 g/mol. The fourth-order valence-corrected chi connectivity index (χ4v) is 3.72. The van der Waals surface area contributed by atoms with Crippen molar-refractivity contribution in [2.24, 2.45) is 5.73 Å². The van der Waals surface area contributed by atoms with Gasteiger partial charge in [-0.15, -0.1) is 0 Å². The number of amides is 1. The lowest BCUT2D eigenvalue weighted by Crippen LogP contribution is -2.50. The Morgan fingerprint density at radius 2 is 2.07 bits per heavy atom. The summed E-state index contributed by atoms with van der Waals surface area (Å²) in [6, 6.07) is 10.1. The highest BCUT2D eigenvalue weighted by Gasteiger charge is 2.30. The first-order valence-corrected chi connectivity index (χ1v) is 9.35. The summed E-state index contributed by atoms with van der Waals surface area (Å²) in [5.41, 5.74) is 8.00. The third-order valence-electron chi connectivity index (χ3n) is 5.42. The first kappa shape index (κ1) is 17.7. The number of carbonyl (C=O) groups excluding carboxylic acids is 1. The maximum absolute atomic E-state index is 12.7. The summed E-state index contributed by atoms with van der Waals surface area (Å²) in [5.74, 6) is 2.17. The lowest BCUT2D eigenvalue weighted by molar-refractivity contribution is -0.131. The predicted molar refractivity (Wildman–Crippen MR) is 103 cm³/mol. The summed E-state index contributed by atoms with van der Waals surface area (Å²) in [5, 5.41) is 0. The molecule has 142 valence electrons. The monoisotopic (exact) mass is 367 g/mol. The molecule has 7 nitrogen and oxygen atoms in total. The second-order valence-electron chi connectivity index (χ2n) is 7.32. The number of methoxy groups -OCH3 is 1. The second-order valence-corrected chi connectivity index (χ2v) is 7.32. The molecule has 2 heterocycles. The molecule has 1 amide bonds. The van der Waals surface area contributed by atoms with Gasteiger partial charge in [0.2, 0.25) is 5.91 Å². The molecule has 2 N–H and O–H groups in total. The van der Waals surface area contributed by atoms with Crippen molar-refractivity contribution in [1.82, 2.24) is 14.9 Å². The maximum Gasteiger partial charge on any atom is 0.242 e. The minimum atomic E-state index is 0.106. The minimum Gasteiger partial charge on any atom is -0.497 e. The Kier molecular flexibility index (Phi) is 4.94. The van der Waals surface area contributed by atoms with Crippen molar-refractivity contribution >= 4 is 11.7 Å². The molecule has 1 aliphatic carbocycles. The molecule has 0 bridgehead atoms. The number of nitrogens with zero attached hydrogens (tertiary/aromatic N) is 4.